The molecule has 11 heteroatoms. The van der Waals surface area contributed by atoms with E-state index < -0.39 is 26.2 Å². The molecule has 38 heavy (non-hydrogen) atoms. The molecule has 1 atom stereocenters. The van der Waals surface area contributed by atoms with E-state index in [-0.39, 0.29) is 22.8 Å². The summed E-state index contributed by atoms with van der Waals surface area (Å²) in [5.74, 6) is 0.134. The maximum atomic E-state index is 12.7. The molecule has 0 aromatic heterocycles. The van der Waals surface area contributed by atoms with Gasteiger partial charge in [0.05, 0.1) is 22.9 Å². The number of aliphatic hydroxyl groups excluding tert-OH is 1. The zero-order valence-corrected chi connectivity index (χ0v) is 23.3. The number of anilines is 2. The molecule has 0 aliphatic rings. The topological polar surface area (TPSA) is 145 Å². The van der Waals surface area contributed by atoms with E-state index in [9.17, 15) is 27.0 Å². The Kier molecular flexibility index (Phi) is 9.77. The minimum absolute atomic E-state index is 0.0694. The maximum Gasteiger partial charge on any atom is 0.261 e. The highest BCUT2D eigenvalue weighted by molar-refractivity contribution is 7.92. The molecule has 0 unspecified atom stereocenters. The van der Waals surface area contributed by atoms with Crippen LogP contribution in [0.15, 0.2) is 71.6 Å². The average Bonchev–Trinajstić information content (AvgIpc) is 2.84. The van der Waals surface area contributed by atoms with Crippen molar-refractivity contribution in [3.05, 3.63) is 83.4 Å². The fourth-order valence-electron chi connectivity index (χ4n) is 3.82. The van der Waals surface area contributed by atoms with Crippen LogP contribution in [-0.4, -0.2) is 52.5 Å². The van der Waals surface area contributed by atoms with Crippen molar-refractivity contribution in [2.45, 2.75) is 43.6 Å². The lowest BCUT2D eigenvalue weighted by Gasteiger charge is -2.14. The first-order valence-electron chi connectivity index (χ1n) is 12.2. The van der Waals surface area contributed by atoms with Crippen LogP contribution in [0.4, 0.5) is 11.4 Å². The summed E-state index contributed by atoms with van der Waals surface area (Å²) in [4.78, 5) is 0.212. The van der Waals surface area contributed by atoms with E-state index in [1.54, 1.807) is 30.3 Å². The van der Waals surface area contributed by atoms with Crippen LogP contribution in [0.5, 0.6) is 5.75 Å². The monoisotopic (exact) mass is 561 g/mol. The summed E-state index contributed by atoms with van der Waals surface area (Å²) in [7, 11) is -7.21. The van der Waals surface area contributed by atoms with Gasteiger partial charge < -0.3 is 15.5 Å². The molecule has 0 spiro atoms. The molecule has 0 bridgehead atoms. The van der Waals surface area contributed by atoms with Gasteiger partial charge in [-0.15, -0.1) is 0 Å². The molecular formula is C27H35N3O6S2. The van der Waals surface area contributed by atoms with Crippen LogP contribution in [-0.2, 0) is 32.9 Å². The second-order valence-electron chi connectivity index (χ2n) is 9.56. The first-order valence-corrected chi connectivity index (χ1v) is 15.6. The molecule has 3 aromatic carbocycles. The van der Waals surface area contributed by atoms with Gasteiger partial charge in [-0.1, -0.05) is 44.2 Å². The number of aliphatic hydroxyl groups is 1. The van der Waals surface area contributed by atoms with E-state index in [1.807, 2.05) is 24.3 Å². The van der Waals surface area contributed by atoms with Crippen molar-refractivity contribution in [2.24, 2.45) is 0 Å². The lowest BCUT2D eigenvalue weighted by Crippen LogP contribution is -2.29. The van der Waals surface area contributed by atoms with E-state index in [0.717, 1.165) is 17.4 Å². The van der Waals surface area contributed by atoms with Gasteiger partial charge in [-0.3, -0.25) is 9.44 Å². The summed E-state index contributed by atoms with van der Waals surface area (Å²) in [6.07, 6.45) is 1.24. The van der Waals surface area contributed by atoms with Crippen LogP contribution in [0.1, 0.15) is 36.5 Å². The van der Waals surface area contributed by atoms with Crippen molar-refractivity contribution < 1.29 is 27.0 Å². The van der Waals surface area contributed by atoms with Crippen molar-refractivity contribution in [3.63, 3.8) is 0 Å². The van der Waals surface area contributed by atoms with Crippen LogP contribution in [0, 0.1) is 0 Å². The van der Waals surface area contributed by atoms with E-state index in [2.05, 4.69) is 28.6 Å². The molecule has 0 saturated carbocycles. The zero-order chi connectivity index (χ0) is 27.9. The van der Waals surface area contributed by atoms with Gasteiger partial charge in [0.25, 0.3) is 10.0 Å². The third-order valence-corrected chi connectivity index (χ3v) is 7.85. The number of phenolic OH excluding ortho intramolecular Hbond substituents is 1. The Morgan fingerprint density at radius 3 is 2.08 bits per heavy atom. The SMILES string of the molecule is CC(C)c1ccc(S(=O)(=O)Nc2ccc(CCNC[C@@H](O)Cc3ccc(O)c(NS(C)(=O)=O)c3)cc2)cc1. The van der Waals surface area contributed by atoms with E-state index >= 15 is 0 Å². The van der Waals surface area contributed by atoms with Crippen molar-refractivity contribution in [1.82, 2.24) is 5.32 Å². The van der Waals surface area contributed by atoms with Gasteiger partial charge in [0.15, 0.2) is 0 Å². The van der Waals surface area contributed by atoms with Crippen LogP contribution in [0.2, 0.25) is 0 Å². The molecule has 0 fully saturated rings. The van der Waals surface area contributed by atoms with Gasteiger partial charge in [0.1, 0.15) is 5.75 Å². The molecule has 0 radical (unpaired) electrons. The number of aromatic hydroxyl groups is 1. The van der Waals surface area contributed by atoms with Crippen molar-refractivity contribution in [1.29, 1.82) is 0 Å². The normalized spacial score (nSPS) is 12.9. The van der Waals surface area contributed by atoms with Crippen LogP contribution in [0.25, 0.3) is 0 Å². The van der Waals surface area contributed by atoms with E-state index in [1.165, 1.54) is 12.1 Å². The third-order valence-electron chi connectivity index (χ3n) is 5.86. The molecule has 0 aliphatic carbocycles. The molecule has 3 aromatic rings. The van der Waals surface area contributed by atoms with Gasteiger partial charge in [-0.25, -0.2) is 16.8 Å². The molecule has 0 heterocycles. The second-order valence-corrected chi connectivity index (χ2v) is 13.0. The number of hydrogen-bond acceptors (Lipinski definition) is 7. The largest absolute Gasteiger partial charge is 0.506 e. The first kappa shape index (κ1) is 29.4. The number of hydrogen-bond donors (Lipinski definition) is 5. The minimum Gasteiger partial charge on any atom is -0.506 e. The van der Waals surface area contributed by atoms with E-state index in [0.29, 0.717) is 36.7 Å². The van der Waals surface area contributed by atoms with Crippen LogP contribution < -0.4 is 14.8 Å². The Balaban J connectivity index is 1.45. The highest BCUT2D eigenvalue weighted by Gasteiger charge is 2.15. The number of rotatable bonds is 13. The van der Waals surface area contributed by atoms with Crippen molar-refractivity contribution in [2.75, 3.05) is 28.8 Å². The number of sulfonamides is 2. The fraction of sp³-hybridized carbons (Fsp3) is 0.333. The molecule has 0 amide bonds. The highest BCUT2D eigenvalue weighted by atomic mass is 32.2. The smallest absolute Gasteiger partial charge is 0.261 e. The molecule has 9 nitrogen and oxygen atoms in total. The Morgan fingerprint density at radius 2 is 1.47 bits per heavy atom. The number of benzene rings is 3. The van der Waals surface area contributed by atoms with E-state index in [4.69, 9.17) is 0 Å². The minimum atomic E-state index is -3.68. The number of nitrogens with one attached hydrogen (secondary N) is 3. The molecular weight excluding hydrogens is 526 g/mol. The van der Waals surface area contributed by atoms with Crippen molar-refractivity contribution >= 4 is 31.4 Å². The first-order chi connectivity index (χ1) is 17.8. The molecule has 3 rings (SSSR count). The molecule has 206 valence electrons. The predicted octanol–water partition coefficient (Wildman–Crippen LogP) is 3.42. The summed E-state index contributed by atoms with van der Waals surface area (Å²) in [6, 6.07) is 18.5. The highest BCUT2D eigenvalue weighted by Crippen LogP contribution is 2.25. The van der Waals surface area contributed by atoms with Crippen LogP contribution in [0.3, 0.4) is 0 Å². The van der Waals surface area contributed by atoms with Gasteiger partial charge >= 0.3 is 0 Å². The van der Waals surface area contributed by atoms with Crippen molar-refractivity contribution in [3.8, 4) is 5.75 Å². The quantitative estimate of drug-likeness (QED) is 0.159. The lowest BCUT2D eigenvalue weighted by atomic mass is 10.0. The second kappa shape index (κ2) is 12.6. The number of phenols is 1. The van der Waals surface area contributed by atoms with Gasteiger partial charge in [-0.05, 0) is 78.4 Å². The molecule has 0 aliphatic heterocycles. The predicted molar refractivity (Wildman–Crippen MR) is 151 cm³/mol. The Labute approximate surface area is 225 Å². The Hall–Kier alpha value is -3.12. The fourth-order valence-corrected chi connectivity index (χ4v) is 5.44. The molecule has 5 N–H and O–H groups in total. The van der Waals surface area contributed by atoms with Gasteiger partial charge in [0, 0.05) is 12.2 Å². The van der Waals surface area contributed by atoms with Gasteiger partial charge in [0.2, 0.25) is 10.0 Å². The third kappa shape index (κ3) is 9.02. The standard InChI is InChI=1S/C27H35N3O6S2/c1-19(2)22-7-11-25(12-8-22)38(35,36)29-23-9-4-20(5-10-23)14-15-28-18-24(31)16-21-6-13-27(32)26(17-21)30-37(3,33)34/h4-13,17,19,24,28-32H,14-16,18H2,1-3H3/t24-/m0/s1. The Morgan fingerprint density at radius 1 is 0.842 bits per heavy atom. The van der Waals surface area contributed by atoms with Crippen LogP contribution >= 0.6 is 0 Å². The summed E-state index contributed by atoms with van der Waals surface area (Å²) < 4.78 is 53.1. The lowest BCUT2D eigenvalue weighted by molar-refractivity contribution is 0.172. The summed E-state index contributed by atoms with van der Waals surface area (Å²) in [6.45, 7) is 5.03. The zero-order valence-electron chi connectivity index (χ0n) is 21.7. The molecule has 0 saturated heterocycles. The summed E-state index contributed by atoms with van der Waals surface area (Å²) >= 11 is 0. The van der Waals surface area contributed by atoms with Gasteiger partial charge in [-0.2, -0.15) is 0 Å². The average molecular weight is 562 g/mol. The Bertz CT molecular complexity index is 1420. The summed E-state index contributed by atoms with van der Waals surface area (Å²) in [5, 5.41) is 23.4. The maximum absolute atomic E-state index is 12.7. The summed E-state index contributed by atoms with van der Waals surface area (Å²) in [5.41, 5.74) is 3.30.